The molecule has 186 valence electrons. The second-order valence-corrected chi connectivity index (χ2v) is 10.2. The summed E-state index contributed by atoms with van der Waals surface area (Å²) in [5, 5.41) is 11.3. The zero-order valence-corrected chi connectivity index (χ0v) is 21.6. The molecule has 1 aliphatic heterocycles. The highest BCUT2D eigenvalue weighted by Crippen LogP contribution is 2.40. The molecular formula is C29H36N2O4. The number of Topliss-reactive ketones (excluding diaryl/α,β-unsaturated/α-hetero) is 1. The first-order valence-corrected chi connectivity index (χ1v) is 11.8. The van der Waals surface area contributed by atoms with E-state index in [0.29, 0.717) is 31.0 Å². The fourth-order valence-electron chi connectivity index (χ4n) is 4.19. The second kappa shape index (κ2) is 10.5. The van der Waals surface area contributed by atoms with Crippen LogP contribution in [0.2, 0.25) is 0 Å². The van der Waals surface area contributed by atoms with Crippen molar-refractivity contribution < 1.29 is 19.4 Å². The van der Waals surface area contributed by atoms with Crippen LogP contribution in [-0.2, 0) is 15.0 Å². The number of aryl methyl sites for hydroxylation is 1. The summed E-state index contributed by atoms with van der Waals surface area (Å²) in [5.74, 6) is -0.780. The molecule has 0 saturated carbocycles. The van der Waals surface area contributed by atoms with E-state index in [4.69, 9.17) is 4.74 Å². The summed E-state index contributed by atoms with van der Waals surface area (Å²) in [7, 11) is 3.84. The molecule has 1 amide bonds. The molecule has 1 fully saturated rings. The quantitative estimate of drug-likeness (QED) is 0.256. The number of hydrogen-bond donors (Lipinski definition) is 1. The van der Waals surface area contributed by atoms with Gasteiger partial charge in [0.2, 0.25) is 0 Å². The van der Waals surface area contributed by atoms with E-state index in [2.05, 4.69) is 27.4 Å². The number of benzene rings is 2. The molecule has 2 aromatic carbocycles. The minimum absolute atomic E-state index is 0.0296. The van der Waals surface area contributed by atoms with E-state index in [-0.39, 0.29) is 16.7 Å². The van der Waals surface area contributed by atoms with E-state index in [0.717, 1.165) is 16.7 Å². The van der Waals surface area contributed by atoms with Crippen molar-refractivity contribution in [2.75, 3.05) is 33.8 Å². The number of likely N-dealkylation sites (tertiary alicyclic amines) is 1. The molecule has 0 radical (unpaired) electrons. The van der Waals surface area contributed by atoms with Gasteiger partial charge in [0.1, 0.15) is 18.1 Å². The van der Waals surface area contributed by atoms with E-state index in [1.54, 1.807) is 29.2 Å². The standard InChI is InChI=1S/C29H36N2O4/c1-8-17-35-23-14-11-21(18-19(23)2)26(32)24-25(20-9-12-22(13-10-20)29(3,4)5)31(16-15-30(6)7)28(34)27(24)33/h8-14,18,25,32H,1,15-17H2,2-7H3. The molecule has 0 aliphatic carbocycles. The Labute approximate surface area is 208 Å². The Kier molecular flexibility index (Phi) is 7.86. The highest BCUT2D eigenvalue weighted by molar-refractivity contribution is 6.46. The molecule has 1 aliphatic rings. The van der Waals surface area contributed by atoms with Crippen LogP contribution in [0.5, 0.6) is 5.75 Å². The highest BCUT2D eigenvalue weighted by Gasteiger charge is 2.46. The SMILES string of the molecule is C=CCOc1ccc(C(O)=C2C(=O)C(=O)N(CCN(C)C)C2c2ccc(C(C)(C)C)cc2)cc1C. The first-order chi connectivity index (χ1) is 16.5. The molecule has 2 aromatic rings. The van der Waals surface area contributed by atoms with Crippen LogP contribution in [0, 0.1) is 6.92 Å². The summed E-state index contributed by atoms with van der Waals surface area (Å²) in [6, 6.07) is 12.5. The third kappa shape index (κ3) is 5.65. The summed E-state index contributed by atoms with van der Waals surface area (Å²) in [6.07, 6.45) is 1.66. The molecule has 0 spiro atoms. The molecule has 1 saturated heterocycles. The molecule has 0 bridgehead atoms. The number of nitrogens with zero attached hydrogens (tertiary/aromatic N) is 2. The van der Waals surface area contributed by atoms with Gasteiger partial charge in [0.25, 0.3) is 11.7 Å². The predicted octanol–water partition coefficient (Wildman–Crippen LogP) is 4.84. The van der Waals surface area contributed by atoms with Gasteiger partial charge in [-0.3, -0.25) is 9.59 Å². The third-order valence-electron chi connectivity index (χ3n) is 6.23. The van der Waals surface area contributed by atoms with Gasteiger partial charge in [-0.25, -0.2) is 0 Å². The number of rotatable bonds is 8. The maximum absolute atomic E-state index is 13.2. The van der Waals surface area contributed by atoms with Gasteiger partial charge < -0.3 is 19.6 Å². The molecule has 3 rings (SSSR count). The number of hydrogen-bond acceptors (Lipinski definition) is 5. The average Bonchev–Trinajstić information content (AvgIpc) is 3.05. The van der Waals surface area contributed by atoms with Gasteiger partial charge in [0.15, 0.2) is 0 Å². The Morgan fingerprint density at radius 3 is 2.34 bits per heavy atom. The monoisotopic (exact) mass is 476 g/mol. The van der Waals surface area contributed by atoms with Crippen LogP contribution in [0.15, 0.2) is 60.7 Å². The Morgan fingerprint density at radius 2 is 1.80 bits per heavy atom. The Bertz CT molecular complexity index is 1140. The van der Waals surface area contributed by atoms with Gasteiger partial charge in [-0.05, 0) is 61.3 Å². The smallest absolute Gasteiger partial charge is 0.295 e. The lowest BCUT2D eigenvalue weighted by atomic mass is 9.85. The lowest BCUT2D eigenvalue weighted by Gasteiger charge is -2.27. The lowest BCUT2D eigenvalue weighted by molar-refractivity contribution is -0.140. The number of likely N-dealkylation sites (N-methyl/N-ethyl adjacent to an activating group) is 1. The molecule has 6 nitrogen and oxygen atoms in total. The van der Waals surface area contributed by atoms with Crippen LogP contribution in [-0.4, -0.2) is 60.4 Å². The molecule has 6 heteroatoms. The number of ketones is 1. The van der Waals surface area contributed by atoms with Crippen molar-refractivity contribution in [2.24, 2.45) is 0 Å². The van der Waals surface area contributed by atoms with Gasteiger partial charge in [0, 0.05) is 18.7 Å². The van der Waals surface area contributed by atoms with Crippen LogP contribution in [0.3, 0.4) is 0 Å². The van der Waals surface area contributed by atoms with Crippen molar-refractivity contribution in [3.05, 3.63) is 82.9 Å². The largest absolute Gasteiger partial charge is 0.507 e. The van der Waals surface area contributed by atoms with E-state index in [1.165, 1.54) is 0 Å². The average molecular weight is 477 g/mol. The molecule has 1 unspecified atom stereocenters. The number of aliphatic hydroxyl groups excluding tert-OH is 1. The maximum Gasteiger partial charge on any atom is 0.295 e. The van der Waals surface area contributed by atoms with Crippen molar-refractivity contribution in [3.8, 4) is 5.75 Å². The molecular weight excluding hydrogens is 440 g/mol. The summed E-state index contributed by atoms with van der Waals surface area (Å²) in [5.41, 5.74) is 3.30. The van der Waals surface area contributed by atoms with Crippen LogP contribution >= 0.6 is 0 Å². The van der Waals surface area contributed by atoms with Gasteiger partial charge >= 0.3 is 0 Å². The maximum atomic E-state index is 13.2. The zero-order chi connectivity index (χ0) is 25.9. The normalized spacial score (nSPS) is 17.8. The molecule has 35 heavy (non-hydrogen) atoms. The van der Waals surface area contributed by atoms with E-state index in [9.17, 15) is 14.7 Å². The van der Waals surface area contributed by atoms with Crippen molar-refractivity contribution in [1.29, 1.82) is 0 Å². The molecule has 0 aromatic heterocycles. The summed E-state index contributed by atoms with van der Waals surface area (Å²) in [4.78, 5) is 29.8. The third-order valence-corrected chi connectivity index (χ3v) is 6.23. The van der Waals surface area contributed by atoms with Gasteiger partial charge in [-0.2, -0.15) is 0 Å². The fraction of sp³-hybridized carbons (Fsp3) is 0.379. The molecule has 1 heterocycles. The molecule has 1 atom stereocenters. The van der Waals surface area contributed by atoms with Crippen molar-refractivity contribution in [3.63, 3.8) is 0 Å². The van der Waals surface area contributed by atoms with Gasteiger partial charge in [-0.15, -0.1) is 0 Å². The Hall–Kier alpha value is -3.38. The van der Waals surface area contributed by atoms with E-state index < -0.39 is 17.7 Å². The minimum atomic E-state index is -0.671. The summed E-state index contributed by atoms with van der Waals surface area (Å²) >= 11 is 0. The van der Waals surface area contributed by atoms with Gasteiger partial charge in [0.05, 0.1) is 11.6 Å². The van der Waals surface area contributed by atoms with Crippen molar-refractivity contribution in [1.82, 2.24) is 9.80 Å². The number of carbonyl (C=O) groups excluding carboxylic acids is 2. The van der Waals surface area contributed by atoms with Crippen LogP contribution in [0.4, 0.5) is 0 Å². The second-order valence-electron chi connectivity index (χ2n) is 10.2. The van der Waals surface area contributed by atoms with Crippen LogP contribution < -0.4 is 4.74 Å². The Morgan fingerprint density at radius 1 is 1.14 bits per heavy atom. The van der Waals surface area contributed by atoms with E-state index in [1.807, 2.05) is 50.2 Å². The number of carbonyl (C=O) groups is 2. The highest BCUT2D eigenvalue weighted by atomic mass is 16.5. The topological polar surface area (TPSA) is 70.1 Å². The lowest BCUT2D eigenvalue weighted by Crippen LogP contribution is -2.35. The number of aliphatic hydroxyl groups is 1. The van der Waals surface area contributed by atoms with Crippen LogP contribution in [0.1, 0.15) is 49.1 Å². The minimum Gasteiger partial charge on any atom is -0.507 e. The molecule has 1 N–H and O–H groups in total. The zero-order valence-electron chi connectivity index (χ0n) is 21.6. The van der Waals surface area contributed by atoms with Crippen molar-refractivity contribution >= 4 is 17.4 Å². The predicted molar refractivity (Wildman–Crippen MR) is 140 cm³/mol. The van der Waals surface area contributed by atoms with Crippen LogP contribution in [0.25, 0.3) is 5.76 Å². The van der Waals surface area contributed by atoms with E-state index >= 15 is 0 Å². The fourth-order valence-corrected chi connectivity index (χ4v) is 4.19. The Balaban J connectivity index is 2.11. The number of ether oxygens (including phenoxy) is 1. The summed E-state index contributed by atoms with van der Waals surface area (Å²) < 4.78 is 5.64. The first-order valence-electron chi connectivity index (χ1n) is 11.8. The first kappa shape index (κ1) is 26.2. The van der Waals surface area contributed by atoms with Crippen molar-refractivity contribution in [2.45, 2.75) is 39.2 Å². The van der Waals surface area contributed by atoms with Gasteiger partial charge in [-0.1, -0.05) is 57.7 Å². The summed E-state index contributed by atoms with van der Waals surface area (Å²) in [6.45, 7) is 13.3. The number of amides is 1.